The fourth-order valence-electron chi connectivity index (χ4n) is 1.14. The summed E-state index contributed by atoms with van der Waals surface area (Å²) in [6, 6.07) is 3.17. The Balaban J connectivity index is 3.11. The summed E-state index contributed by atoms with van der Waals surface area (Å²) in [7, 11) is 0. The summed E-state index contributed by atoms with van der Waals surface area (Å²) >= 11 is 1.30. The van der Waals surface area contributed by atoms with Gasteiger partial charge in [0.05, 0.1) is 13.2 Å². The molecule has 4 heteroatoms. The molecule has 1 rings (SSSR count). The first kappa shape index (κ1) is 11.3. The zero-order valence-corrected chi connectivity index (χ0v) is 9.03. The number of hydrogen-bond acceptors (Lipinski definition) is 3. The normalized spacial score (nSPS) is 10.3. The van der Waals surface area contributed by atoms with Gasteiger partial charge in [-0.3, -0.25) is 0 Å². The maximum absolute atomic E-state index is 13.5. The van der Waals surface area contributed by atoms with Crippen LogP contribution in [0.25, 0.3) is 0 Å². The SMILES string of the molecule is CCOc1cc(CO)c(F)c(SC)c1. The van der Waals surface area contributed by atoms with Gasteiger partial charge in [0.2, 0.25) is 0 Å². The molecular formula is C10H13FO2S. The van der Waals surface area contributed by atoms with Crippen molar-refractivity contribution in [2.45, 2.75) is 18.4 Å². The molecule has 1 N–H and O–H groups in total. The summed E-state index contributed by atoms with van der Waals surface area (Å²) in [5.41, 5.74) is 0.278. The summed E-state index contributed by atoms with van der Waals surface area (Å²) in [5, 5.41) is 8.93. The first-order valence-electron chi connectivity index (χ1n) is 4.33. The fraction of sp³-hybridized carbons (Fsp3) is 0.400. The highest BCUT2D eigenvalue weighted by atomic mass is 32.2. The van der Waals surface area contributed by atoms with Gasteiger partial charge < -0.3 is 9.84 Å². The number of halogens is 1. The van der Waals surface area contributed by atoms with Crippen molar-refractivity contribution in [3.8, 4) is 5.75 Å². The molecule has 0 bridgehead atoms. The number of rotatable bonds is 4. The number of aliphatic hydroxyl groups is 1. The molecule has 0 saturated heterocycles. The molecule has 0 aliphatic rings. The first-order valence-corrected chi connectivity index (χ1v) is 5.55. The molecule has 0 radical (unpaired) electrons. The Morgan fingerprint density at radius 3 is 2.71 bits per heavy atom. The summed E-state index contributed by atoms with van der Waals surface area (Å²) in [6.45, 7) is 2.09. The predicted octanol–water partition coefficient (Wildman–Crippen LogP) is 2.44. The van der Waals surface area contributed by atoms with Crippen molar-refractivity contribution in [2.24, 2.45) is 0 Å². The minimum absolute atomic E-state index is 0.278. The third-order valence-corrected chi connectivity index (χ3v) is 2.53. The number of ether oxygens (including phenoxy) is 1. The second-order valence-corrected chi connectivity index (χ2v) is 3.54. The minimum atomic E-state index is -0.358. The molecule has 0 atom stereocenters. The Bertz CT molecular complexity index is 290. The molecule has 0 fully saturated rings. The van der Waals surface area contributed by atoms with E-state index in [0.29, 0.717) is 17.3 Å². The van der Waals surface area contributed by atoms with Crippen LogP contribution >= 0.6 is 11.8 Å². The summed E-state index contributed by atoms with van der Waals surface area (Å²) in [4.78, 5) is 0.500. The van der Waals surface area contributed by atoms with E-state index >= 15 is 0 Å². The van der Waals surface area contributed by atoms with E-state index in [4.69, 9.17) is 9.84 Å². The van der Waals surface area contributed by atoms with E-state index in [1.54, 1.807) is 12.3 Å². The lowest BCUT2D eigenvalue weighted by Crippen LogP contribution is -1.97. The van der Waals surface area contributed by atoms with E-state index in [1.165, 1.54) is 17.8 Å². The van der Waals surface area contributed by atoms with Gasteiger partial charge in [0, 0.05) is 10.5 Å². The van der Waals surface area contributed by atoms with Crippen LogP contribution in [-0.2, 0) is 6.61 Å². The number of aliphatic hydroxyl groups excluding tert-OH is 1. The number of benzene rings is 1. The van der Waals surface area contributed by atoms with E-state index in [-0.39, 0.29) is 18.0 Å². The van der Waals surface area contributed by atoms with Crippen LogP contribution in [0.2, 0.25) is 0 Å². The van der Waals surface area contributed by atoms with Gasteiger partial charge in [0.25, 0.3) is 0 Å². The van der Waals surface area contributed by atoms with Crippen molar-refractivity contribution in [1.82, 2.24) is 0 Å². The van der Waals surface area contributed by atoms with Crippen LogP contribution in [0.4, 0.5) is 4.39 Å². The quantitative estimate of drug-likeness (QED) is 0.784. The van der Waals surface area contributed by atoms with Crippen LogP contribution in [0.3, 0.4) is 0 Å². The third kappa shape index (κ3) is 2.39. The molecule has 0 saturated carbocycles. The maximum atomic E-state index is 13.5. The van der Waals surface area contributed by atoms with Gasteiger partial charge in [0.15, 0.2) is 0 Å². The maximum Gasteiger partial charge on any atom is 0.142 e. The van der Waals surface area contributed by atoms with Crippen molar-refractivity contribution in [1.29, 1.82) is 0 Å². The highest BCUT2D eigenvalue weighted by Gasteiger charge is 2.09. The number of hydrogen-bond donors (Lipinski definition) is 1. The lowest BCUT2D eigenvalue weighted by Gasteiger charge is -2.09. The smallest absolute Gasteiger partial charge is 0.142 e. The van der Waals surface area contributed by atoms with Gasteiger partial charge in [-0.2, -0.15) is 0 Å². The predicted molar refractivity (Wildman–Crippen MR) is 55.3 cm³/mol. The van der Waals surface area contributed by atoms with Gasteiger partial charge in [0.1, 0.15) is 11.6 Å². The van der Waals surface area contributed by atoms with Crippen molar-refractivity contribution in [2.75, 3.05) is 12.9 Å². The Morgan fingerprint density at radius 2 is 2.21 bits per heavy atom. The third-order valence-electron chi connectivity index (χ3n) is 1.79. The van der Waals surface area contributed by atoms with E-state index in [1.807, 2.05) is 6.92 Å². The van der Waals surface area contributed by atoms with Crippen LogP contribution in [0, 0.1) is 5.82 Å². The molecule has 14 heavy (non-hydrogen) atoms. The molecule has 0 spiro atoms. The van der Waals surface area contributed by atoms with Crippen LogP contribution in [0.15, 0.2) is 17.0 Å². The van der Waals surface area contributed by atoms with Crippen LogP contribution in [0.5, 0.6) is 5.75 Å². The van der Waals surface area contributed by atoms with Gasteiger partial charge in [-0.25, -0.2) is 4.39 Å². The Morgan fingerprint density at radius 1 is 1.50 bits per heavy atom. The zero-order chi connectivity index (χ0) is 10.6. The van der Waals surface area contributed by atoms with Crippen molar-refractivity contribution in [3.63, 3.8) is 0 Å². The molecule has 0 aliphatic heterocycles. The van der Waals surface area contributed by atoms with Gasteiger partial charge >= 0.3 is 0 Å². The fourth-order valence-corrected chi connectivity index (χ4v) is 1.69. The minimum Gasteiger partial charge on any atom is -0.494 e. The average molecular weight is 216 g/mol. The standard InChI is InChI=1S/C10H13FO2S/c1-3-13-8-4-7(6-12)10(11)9(5-8)14-2/h4-5,12H,3,6H2,1-2H3. The zero-order valence-electron chi connectivity index (χ0n) is 8.21. The molecule has 1 aromatic rings. The van der Waals surface area contributed by atoms with E-state index in [9.17, 15) is 4.39 Å². The molecule has 0 aliphatic carbocycles. The highest BCUT2D eigenvalue weighted by molar-refractivity contribution is 7.98. The van der Waals surface area contributed by atoms with E-state index < -0.39 is 0 Å². The summed E-state index contributed by atoms with van der Waals surface area (Å²) in [5.74, 6) is 0.241. The Kier molecular flexibility index (Phi) is 4.22. The van der Waals surface area contributed by atoms with Crippen LogP contribution in [-0.4, -0.2) is 18.0 Å². The molecule has 2 nitrogen and oxygen atoms in total. The average Bonchev–Trinajstić information content (AvgIpc) is 2.20. The van der Waals surface area contributed by atoms with E-state index in [2.05, 4.69) is 0 Å². The van der Waals surface area contributed by atoms with Gasteiger partial charge in [-0.05, 0) is 25.3 Å². The van der Waals surface area contributed by atoms with Crippen LogP contribution < -0.4 is 4.74 Å². The molecule has 0 heterocycles. The lowest BCUT2D eigenvalue weighted by molar-refractivity contribution is 0.272. The molecule has 0 unspecified atom stereocenters. The molecule has 78 valence electrons. The van der Waals surface area contributed by atoms with Crippen LogP contribution in [0.1, 0.15) is 12.5 Å². The Labute approximate surface area is 87.1 Å². The summed E-state index contributed by atoms with van der Waals surface area (Å²) < 4.78 is 18.7. The second kappa shape index (κ2) is 5.22. The van der Waals surface area contributed by atoms with E-state index in [0.717, 1.165) is 0 Å². The van der Waals surface area contributed by atoms with Gasteiger partial charge in [-0.15, -0.1) is 11.8 Å². The molecular weight excluding hydrogens is 203 g/mol. The number of thioether (sulfide) groups is 1. The summed E-state index contributed by atoms with van der Waals surface area (Å²) in [6.07, 6.45) is 1.79. The largest absolute Gasteiger partial charge is 0.494 e. The molecule has 0 amide bonds. The molecule has 1 aromatic carbocycles. The van der Waals surface area contributed by atoms with Crippen molar-refractivity contribution < 1.29 is 14.2 Å². The molecule has 0 aromatic heterocycles. The topological polar surface area (TPSA) is 29.5 Å². The Hall–Kier alpha value is -0.740. The second-order valence-electron chi connectivity index (χ2n) is 2.69. The van der Waals surface area contributed by atoms with Crippen molar-refractivity contribution in [3.05, 3.63) is 23.5 Å². The lowest BCUT2D eigenvalue weighted by atomic mass is 10.2. The monoisotopic (exact) mass is 216 g/mol. The first-order chi connectivity index (χ1) is 6.72. The highest BCUT2D eigenvalue weighted by Crippen LogP contribution is 2.27. The van der Waals surface area contributed by atoms with Crippen molar-refractivity contribution >= 4 is 11.8 Å². The van der Waals surface area contributed by atoms with Gasteiger partial charge in [-0.1, -0.05) is 0 Å².